The minimum atomic E-state index is -1.58. The van der Waals surface area contributed by atoms with E-state index in [-0.39, 0.29) is 18.1 Å². The lowest BCUT2D eigenvalue weighted by Gasteiger charge is -2.25. The Morgan fingerprint density at radius 3 is 1.94 bits per heavy atom. The van der Waals surface area contributed by atoms with Crippen molar-refractivity contribution in [2.45, 2.75) is 64.4 Å². The van der Waals surface area contributed by atoms with E-state index in [0.29, 0.717) is 5.56 Å². The molecular formula is C21H32N4O7. The predicted octanol–water partition coefficient (Wildman–Crippen LogP) is -1.14. The summed E-state index contributed by atoms with van der Waals surface area (Å²) in [6.45, 7) is 6.15. The molecule has 0 aliphatic heterocycles. The van der Waals surface area contributed by atoms with Crippen LogP contribution in [0.3, 0.4) is 0 Å². The van der Waals surface area contributed by atoms with E-state index in [1.807, 2.05) is 0 Å². The van der Waals surface area contributed by atoms with Crippen LogP contribution in [0.1, 0.15) is 33.3 Å². The standard InChI is InChI=1S/C21H32N4O7/c1-10(2)16(22)20(30)23-11(3)18(28)24-15(9-13-5-7-14(27)8-6-13)19(29)25-17(12(4)26)21(31)32/h5-8,10-12,15-17,26-27H,9,22H2,1-4H3,(H,23,30)(H,24,28)(H,25,29)(H,31,32). The van der Waals surface area contributed by atoms with Gasteiger partial charge in [0.05, 0.1) is 12.1 Å². The van der Waals surface area contributed by atoms with Gasteiger partial charge in [-0.1, -0.05) is 26.0 Å². The number of aliphatic hydroxyl groups excluding tert-OH is 1. The summed E-state index contributed by atoms with van der Waals surface area (Å²) in [4.78, 5) is 48.8. The van der Waals surface area contributed by atoms with Gasteiger partial charge in [-0.15, -0.1) is 0 Å². The molecule has 3 amide bonds. The Kier molecular flexibility index (Phi) is 10.1. The molecule has 0 aliphatic rings. The number of phenols is 1. The Hall–Kier alpha value is -3.18. The van der Waals surface area contributed by atoms with Crippen LogP contribution < -0.4 is 21.7 Å². The quantitative estimate of drug-likeness (QED) is 0.219. The Bertz CT molecular complexity index is 811. The molecule has 0 bridgehead atoms. The molecule has 0 aromatic heterocycles. The fraction of sp³-hybridized carbons (Fsp3) is 0.524. The predicted molar refractivity (Wildman–Crippen MR) is 115 cm³/mol. The van der Waals surface area contributed by atoms with Gasteiger partial charge in [0.2, 0.25) is 17.7 Å². The van der Waals surface area contributed by atoms with Gasteiger partial charge in [-0.2, -0.15) is 0 Å². The normalized spacial score (nSPS) is 15.7. The monoisotopic (exact) mass is 452 g/mol. The summed E-state index contributed by atoms with van der Waals surface area (Å²) in [6, 6.07) is 1.25. The molecule has 1 aromatic carbocycles. The lowest BCUT2D eigenvalue weighted by atomic mass is 10.0. The van der Waals surface area contributed by atoms with Gasteiger partial charge >= 0.3 is 5.97 Å². The summed E-state index contributed by atoms with van der Waals surface area (Å²) < 4.78 is 0. The number of phenolic OH excluding ortho intramolecular Hbond substituents is 1. The molecule has 0 saturated carbocycles. The van der Waals surface area contributed by atoms with E-state index < -0.39 is 54.0 Å². The smallest absolute Gasteiger partial charge is 0.328 e. The molecule has 0 fully saturated rings. The van der Waals surface area contributed by atoms with Crippen molar-refractivity contribution in [3.05, 3.63) is 29.8 Å². The molecule has 11 heteroatoms. The van der Waals surface area contributed by atoms with E-state index in [0.717, 1.165) is 0 Å². The Morgan fingerprint density at radius 1 is 0.906 bits per heavy atom. The van der Waals surface area contributed by atoms with Crippen LogP contribution in [0.5, 0.6) is 5.75 Å². The van der Waals surface area contributed by atoms with Crippen molar-refractivity contribution in [1.29, 1.82) is 0 Å². The molecule has 32 heavy (non-hydrogen) atoms. The van der Waals surface area contributed by atoms with Gasteiger partial charge in [0.25, 0.3) is 0 Å². The number of carbonyl (C=O) groups excluding carboxylic acids is 3. The number of nitrogens with two attached hydrogens (primary N) is 1. The number of carboxylic acids is 1. The van der Waals surface area contributed by atoms with E-state index in [9.17, 15) is 34.5 Å². The van der Waals surface area contributed by atoms with Crippen molar-refractivity contribution in [2.24, 2.45) is 11.7 Å². The number of rotatable bonds is 11. The van der Waals surface area contributed by atoms with Gasteiger partial charge < -0.3 is 37.0 Å². The molecule has 8 N–H and O–H groups in total. The summed E-state index contributed by atoms with van der Waals surface area (Å²) in [6.07, 6.45) is -1.41. The highest BCUT2D eigenvalue weighted by Crippen LogP contribution is 2.12. The van der Waals surface area contributed by atoms with Crippen molar-refractivity contribution in [3.63, 3.8) is 0 Å². The van der Waals surface area contributed by atoms with E-state index in [4.69, 9.17) is 5.73 Å². The number of nitrogens with one attached hydrogen (secondary N) is 3. The van der Waals surface area contributed by atoms with E-state index in [1.165, 1.54) is 38.1 Å². The minimum absolute atomic E-state index is 0.0108. The van der Waals surface area contributed by atoms with Gasteiger partial charge in [0.1, 0.15) is 17.8 Å². The molecule has 5 unspecified atom stereocenters. The summed E-state index contributed by atoms with van der Waals surface area (Å²) in [5, 5.41) is 35.5. The third-order valence-electron chi connectivity index (χ3n) is 4.83. The van der Waals surface area contributed by atoms with Crippen LogP contribution in [0.25, 0.3) is 0 Å². The second-order valence-electron chi connectivity index (χ2n) is 8.00. The first kappa shape index (κ1) is 26.9. The maximum Gasteiger partial charge on any atom is 0.328 e. The van der Waals surface area contributed by atoms with Crippen LogP contribution in [0, 0.1) is 5.92 Å². The topological polar surface area (TPSA) is 191 Å². The van der Waals surface area contributed by atoms with Crippen LogP contribution >= 0.6 is 0 Å². The number of carboxylic acid groups (broad SMARTS) is 1. The first-order chi connectivity index (χ1) is 14.8. The fourth-order valence-corrected chi connectivity index (χ4v) is 2.69. The summed E-state index contributed by atoms with van der Waals surface area (Å²) in [7, 11) is 0. The van der Waals surface area contributed by atoms with Crippen LogP contribution in [-0.4, -0.2) is 69.3 Å². The number of aliphatic carboxylic acids is 1. The van der Waals surface area contributed by atoms with Crippen molar-refractivity contribution < 1.29 is 34.5 Å². The zero-order chi connectivity index (χ0) is 24.6. The lowest BCUT2D eigenvalue weighted by molar-refractivity contribution is -0.145. The van der Waals surface area contributed by atoms with Crippen molar-refractivity contribution in [3.8, 4) is 5.75 Å². The van der Waals surface area contributed by atoms with Crippen LogP contribution in [-0.2, 0) is 25.6 Å². The van der Waals surface area contributed by atoms with Gasteiger partial charge in [-0.25, -0.2) is 4.79 Å². The van der Waals surface area contributed by atoms with E-state index in [1.54, 1.807) is 13.8 Å². The second-order valence-corrected chi connectivity index (χ2v) is 8.00. The van der Waals surface area contributed by atoms with E-state index >= 15 is 0 Å². The number of aromatic hydroxyl groups is 1. The van der Waals surface area contributed by atoms with Crippen molar-refractivity contribution in [1.82, 2.24) is 16.0 Å². The Morgan fingerprint density at radius 2 is 1.47 bits per heavy atom. The highest BCUT2D eigenvalue weighted by atomic mass is 16.4. The fourth-order valence-electron chi connectivity index (χ4n) is 2.69. The zero-order valence-corrected chi connectivity index (χ0v) is 18.5. The molecule has 1 rings (SSSR count). The summed E-state index contributed by atoms with van der Waals surface area (Å²) in [5.41, 5.74) is 6.35. The third kappa shape index (κ3) is 8.16. The van der Waals surface area contributed by atoms with Gasteiger partial charge in [0.15, 0.2) is 6.04 Å². The molecule has 5 atom stereocenters. The van der Waals surface area contributed by atoms with Gasteiger partial charge in [-0.3, -0.25) is 14.4 Å². The molecule has 0 radical (unpaired) electrons. The molecule has 0 aliphatic carbocycles. The van der Waals surface area contributed by atoms with E-state index in [2.05, 4.69) is 16.0 Å². The number of hydrogen-bond acceptors (Lipinski definition) is 7. The maximum atomic E-state index is 12.8. The third-order valence-corrected chi connectivity index (χ3v) is 4.83. The van der Waals surface area contributed by atoms with Crippen molar-refractivity contribution >= 4 is 23.7 Å². The Balaban J connectivity index is 2.99. The zero-order valence-electron chi connectivity index (χ0n) is 18.5. The molecule has 11 nitrogen and oxygen atoms in total. The summed E-state index contributed by atoms with van der Waals surface area (Å²) in [5.74, 6) is -3.62. The largest absolute Gasteiger partial charge is 0.508 e. The minimum Gasteiger partial charge on any atom is -0.508 e. The number of benzene rings is 1. The van der Waals surface area contributed by atoms with Crippen LogP contribution in [0.15, 0.2) is 24.3 Å². The number of hydrogen-bond donors (Lipinski definition) is 7. The van der Waals surface area contributed by atoms with Crippen LogP contribution in [0.4, 0.5) is 0 Å². The van der Waals surface area contributed by atoms with Crippen LogP contribution in [0.2, 0.25) is 0 Å². The van der Waals surface area contributed by atoms with Crippen molar-refractivity contribution in [2.75, 3.05) is 0 Å². The molecule has 0 saturated heterocycles. The molecule has 0 spiro atoms. The summed E-state index contributed by atoms with van der Waals surface area (Å²) >= 11 is 0. The van der Waals surface area contributed by atoms with Gasteiger partial charge in [0, 0.05) is 6.42 Å². The number of aliphatic hydroxyl groups is 1. The molecule has 1 aromatic rings. The highest BCUT2D eigenvalue weighted by Gasteiger charge is 2.31. The first-order valence-corrected chi connectivity index (χ1v) is 10.2. The van der Waals surface area contributed by atoms with Gasteiger partial charge in [-0.05, 0) is 37.5 Å². The maximum absolute atomic E-state index is 12.8. The first-order valence-electron chi connectivity index (χ1n) is 10.2. The second kappa shape index (κ2) is 12.0. The molecule has 0 heterocycles. The molecule has 178 valence electrons. The average molecular weight is 453 g/mol. The average Bonchev–Trinajstić information content (AvgIpc) is 2.71. The molecular weight excluding hydrogens is 420 g/mol. The Labute approximate surface area is 186 Å². The number of amides is 3. The highest BCUT2D eigenvalue weighted by molar-refractivity contribution is 5.94. The lowest BCUT2D eigenvalue weighted by Crippen LogP contribution is -2.58. The number of carbonyl (C=O) groups is 4. The SMILES string of the molecule is CC(NC(=O)C(N)C(C)C)C(=O)NC(Cc1ccc(O)cc1)C(=O)NC(C(=O)O)C(C)O.